The summed E-state index contributed by atoms with van der Waals surface area (Å²) in [5.41, 5.74) is 2.15. The van der Waals surface area contributed by atoms with Crippen molar-refractivity contribution < 1.29 is 13.2 Å². The fourth-order valence-electron chi connectivity index (χ4n) is 2.35. The second-order valence-corrected chi connectivity index (χ2v) is 7.42. The van der Waals surface area contributed by atoms with Crippen LogP contribution >= 0.6 is 0 Å². The van der Waals surface area contributed by atoms with E-state index in [0.717, 1.165) is 5.56 Å². The molecule has 0 saturated carbocycles. The largest absolute Gasteiger partial charge is 0.325 e. The lowest BCUT2D eigenvalue weighted by molar-refractivity contribution is -0.116. The lowest BCUT2D eigenvalue weighted by Gasteiger charge is -2.24. The van der Waals surface area contributed by atoms with Gasteiger partial charge in [-0.05, 0) is 37.1 Å². The third-order valence-electron chi connectivity index (χ3n) is 3.49. The van der Waals surface area contributed by atoms with E-state index in [1.807, 2.05) is 19.1 Å². The Hall–Kier alpha value is -2.41. The first-order chi connectivity index (χ1) is 11.4. The van der Waals surface area contributed by atoms with Crippen LogP contribution in [0.4, 0.5) is 11.4 Å². The molecule has 0 saturated heterocycles. The molecule has 0 aliphatic rings. The number of nitrogens with zero attached hydrogens (tertiary/aromatic N) is 2. The first kappa shape index (κ1) is 17.9. The van der Waals surface area contributed by atoms with Crippen LogP contribution in [0.1, 0.15) is 18.4 Å². The molecule has 0 aliphatic carbocycles. The molecule has 1 N–H and O–H groups in total. The molecule has 7 heteroatoms. The van der Waals surface area contributed by atoms with Crippen molar-refractivity contribution in [3.05, 3.63) is 54.4 Å². The zero-order chi connectivity index (χ0) is 17.6. The normalized spacial score (nSPS) is 11.1. The number of amides is 1. The van der Waals surface area contributed by atoms with E-state index >= 15 is 0 Å². The quantitative estimate of drug-likeness (QED) is 0.835. The Morgan fingerprint density at radius 2 is 1.96 bits per heavy atom. The van der Waals surface area contributed by atoms with Crippen LogP contribution in [0.5, 0.6) is 0 Å². The Labute approximate surface area is 142 Å². The van der Waals surface area contributed by atoms with E-state index in [1.54, 1.807) is 36.7 Å². The summed E-state index contributed by atoms with van der Waals surface area (Å²) in [5, 5.41) is 2.74. The molecule has 0 spiro atoms. The molecule has 24 heavy (non-hydrogen) atoms. The van der Waals surface area contributed by atoms with Crippen molar-refractivity contribution in [2.75, 3.05) is 22.4 Å². The second kappa shape index (κ2) is 7.92. The van der Waals surface area contributed by atoms with E-state index in [9.17, 15) is 13.2 Å². The molecule has 1 aromatic carbocycles. The maximum Gasteiger partial charge on any atom is 0.232 e. The van der Waals surface area contributed by atoms with Gasteiger partial charge in [-0.15, -0.1) is 0 Å². The molecule has 1 aromatic heterocycles. The molecular weight excluding hydrogens is 326 g/mol. The van der Waals surface area contributed by atoms with Crippen molar-refractivity contribution >= 4 is 27.3 Å². The number of hydrogen-bond acceptors (Lipinski definition) is 4. The highest BCUT2D eigenvalue weighted by Gasteiger charge is 2.19. The lowest BCUT2D eigenvalue weighted by atomic mass is 10.2. The molecule has 6 nitrogen and oxygen atoms in total. The van der Waals surface area contributed by atoms with Crippen molar-refractivity contribution in [3.63, 3.8) is 0 Å². The maximum absolute atomic E-state index is 12.1. The summed E-state index contributed by atoms with van der Waals surface area (Å²) in [6, 6.07) is 10.8. The molecular formula is C17H21N3O3S. The SMILES string of the molecule is Cc1ccccc1N(CCCC(=O)Nc1cccnc1)S(C)(=O)=O. The molecule has 0 aliphatic heterocycles. The minimum Gasteiger partial charge on any atom is -0.325 e. The summed E-state index contributed by atoms with van der Waals surface area (Å²) in [6.45, 7) is 2.12. The average molecular weight is 347 g/mol. The van der Waals surface area contributed by atoms with Gasteiger partial charge in [-0.2, -0.15) is 0 Å². The molecule has 0 fully saturated rings. The maximum atomic E-state index is 12.1. The van der Waals surface area contributed by atoms with Gasteiger partial charge in [0, 0.05) is 19.2 Å². The fraction of sp³-hybridized carbons (Fsp3) is 0.294. The van der Waals surface area contributed by atoms with E-state index in [2.05, 4.69) is 10.3 Å². The molecule has 128 valence electrons. The third kappa shape index (κ3) is 5.06. The number of rotatable bonds is 7. The van der Waals surface area contributed by atoms with Crippen LogP contribution < -0.4 is 9.62 Å². The number of benzene rings is 1. The Kier molecular flexibility index (Phi) is 5.92. The summed E-state index contributed by atoms with van der Waals surface area (Å²) in [6.07, 6.45) is 5.02. The van der Waals surface area contributed by atoms with Gasteiger partial charge >= 0.3 is 0 Å². The number of carbonyl (C=O) groups is 1. The van der Waals surface area contributed by atoms with Gasteiger partial charge in [0.2, 0.25) is 15.9 Å². The minimum absolute atomic E-state index is 0.166. The van der Waals surface area contributed by atoms with Crippen LogP contribution in [0.15, 0.2) is 48.8 Å². The molecule has 2 aromatic rings. The van der Waals surface area contributed by atoms with Gasteiger partial charge in [0.1, 0.15) is 0 Å². The summed E-state index contributed by atoms with van der Waals surface area (Å²) >= 11 is 0. The number of carbonyl (C=O) groups excluding carboxylic acids is 1. The van der Waals surface area contributed by atoms with Crippen molar-refractivity contribution in [2.24, 2.45) is 0 Å². The number of hydrogen-bond donors (Lipinski definition) is 1. The van der Waals surface area contributed by atoms with Crippen LogP contribution in [-0.2, 0) is 14.8 Å². The van der Waals surface area contributed by atoms with E-state index in [-0.39, 0.29) is 18.9 Å². The first-order valence-electron chi connectivity index (χ1n) is 7.61. The number of nitrogens with one attached hydrogen (secondary N) is 1. The third-order valence-corrected chi connectivity index (χ3v) is 4.67. The van der Waals surface area contributed by atoms with Gasteiger partial charge in [0.25, 0.3) is 0 Å². The zero-order valence-electron chi connectivity index (χ0n) is 13.8. The fourth-order valence-corrected chi connectivity index (χ4v) is 3.37. The van der Waals surface area contributed by atoms with Crippen molar-refractivity contribution in [2.45, 2.75) is 19.8 Å². The summed E-state index contributed by atoms with van der Waals surface area (Å²) < 4.78 is 25.5. The number of sulfonamides is 1. The lowest BCUT2D eigenvalue weighted by Crippen LogP contribution is -2.32. The highest BCUT2D eigenvalue weighted by atomic mass is 32.2. The second-order valence-electron chi connectivity index (χ2n) is 5.52. The van der Waals surface area contributed by atoms with Crippen molar-refractivity contribution in [1.29, 1.82) is 0 Å². The minimum atomic E-state index is -3.41. The van der Waals surface area contributed by atoms with Crippen molar-refractivity contribution in [3.8, 4) is 0 Å². The Morgan fingerprint density at radius 1 is 1.21 bits per heavy atom. The highest BCUT2D eigenvalue weighted by Crippen LogP contribution is 2.22. The van der Waals surface area contributed by atoms with Gasteiger partial charge in [0.05, 0.1) is 23.8 Å². The number of aromatic nitrogens is 1. The van der Waals surface area contributed by atoms with Gasteiger partial charge in [-0.1, -0.05) is 18.2 Å². The number of pyridine rings is 1. The molecule has 0 atom stereocenters. The van der Waals surface area contributed by atoms with E-state index in [0.29, 0.717) is 17.8 Å². The van der Waals surface area contributed by atoms with Gasteiger partial charge < -0.3 is 5.32 Å². The highest BCUT2D eigenvalue weighted by molar-refractivity contribution is 7.92. The van der Waals surface area contributed by atoms with Crippen LogP contribution in [0.2, 0.25) is 0 Å². The van der Waals surface area contributed by atoms with Gasteiger partial charge in [0.15, 0.2) is 0 Å². The monoisotopic (exact) mass is 347 g/mol. The average Bonchev–Trinajstić information content (AvgIpc) is 2.52. The first-order valence-corrected chi connectivity index (χ1v) is 9.46. The Balaban J connectivity index is 1.97. The van der Waals surface area contributed by atoms with E-state index in [4.69, 9.17) is 0 Å². The van der Waals surface area contributed by atoms with E-state index < -0.39 is 10.0 Å². The van der Waals surface area contributed by atoms with Crippen LogP contribution in [0.25, 0.3) is 0 Å². The molecule has 2 rings (SSSR count). The zero-order valence-corrected chi connectivity index (χ0v) is 14.6. The number of aryl methyl sites for hydroxylation is 1. The van der Waals surface area contributed by atoms with Crippen LogP contribution in [0.3, 0.4) is 0 Å². The van der Waals surface area contributed by atoms with E-state index in [1.165, 1.54) is 10.6 Å². The molecule has 1 amide bonds. The molecule has 0 bridgehead atoms. The number of para-hydroxylation sites is 1. The predicted octanol–water partition coefficient (Wildman–Crippen LogP) is 2.57. The molecule has 0 unspecified atom stereocenters. The van der Waals surface area contributed by atoms with Gasteiger partial charge in [-0.3, -0.25) is 14.1 Å². The van der Waals surface area contributed by atoms with Crippen molar-refractivity contribution in [1.82, 2.24) is 4.98 Å². The van der Waals surface area contributed by atoms with Crippen LogP contribution in [-0.4, -0.2) is 32.1 Å². The Morgan fingerprint density at radius 3 is 2.58 bits per heavy atom. The topological polar surface area (TPSA) is 79.4 Å². The van der Waals surface area contributed by atoms with Gasteiger partial charge in [-0.25, -0.2) is 8.42 Å². The molecule has 1 heterocycles. The molecule has 0 radical (unpaired) electrons. The summed E-state index contributed by atoms with van der Waals surface area (Å²) in [4.78, 5) is 15.9. The number of anilines is 2. The summed E-state index contributed by atoms with van der Waals surface area (Å²) in [5.74, 6) is -0.166. The standard InChI is InChI=1S/C17H21N3O3S/c1-14-7-3-4-9-16(14)20(24(2,22)23)12-6-10-17(21)19-15-8-5-11-18-13-15/h3-5,7-9,11,13H,6,10,12H2,1-2H3,(H,19,21). The van der Waals surface area contributed by atoms with Crippen LogP contribution in [0, 0.1) is 6.92 Å². The summed E-state index contributed by atoms with van der Waals surface area (Å²) in [7, 11) is -3.41. The smallest absolute Gasteiger partial charge is 0.232 e. The Bertz CT molecular complexity index is 792. The predicted molar refractivity (Wildman–Crippen MR) is 95.5 cm³/mol.